The first-order valence-corrected chi connectivity index (χ1v) is 9.65. The van der Waals surface area contributed by atoms with Crippen LogP contribution in [-0.4, -0.2) is 40.1 Å². The molecule has 1 aliphatic rings. The number of nitrogens with zero attached hydrogens (tertiary/aromatic N) is 4. The van der Waals surface area contributed by atoms with E-state index in [2.05, 4.69) is 12.0 Å². The van der Waals surface area contributed by atoms with E-state index in [-0.39, 0.29) is 18.4 Å². The summed E-state index contributed by atoms with van der Waals surface area (Å²) < 4.78 is 1.96. The molecule has 2 heterocycles. The molecule has 6 nitrogen and oxygen atoms in total. The van der Waals surface area contributed by atoms with Gasteiger partial charge in [-0.15, -0.1) is 0 Å². The number of para-hydroxylation sites is 1. The average Bonchev–Trinajstić information content (AvgIpc) is 2.90. The van der Waals surface area contributed by atoms with Gasteiger partial charge in [-0.1, -0.05) is 25.1 Å². The van der Waals surface area contributed by atoms with Crippen molar-refractivity contribution in [2.75, 3.05) is 18.5 Å². The molecule has 0 spiro atoms. The van der Waals surface area contributed by atoms with Crippen LogP contribution in [0.4, 0.5) is 5.69 Å². The lowest BCUT2D eigenvalue weighted by molar-refractivity contribution is -0.130. The topological polar surface area (TPSA) is 58.4 Å². The van der Waals surface area contributed by atoms with E-state index in [4.69, 9.17) is 0 Å². The number of likely N-dealkylation sites (N-methyl/N-ethyl adjacent to an activating group) is 1. The Kier molecular flexibility index (Phi) is 5.94. The maximum absolute atomic E-state index is 12.9. The van der Waals surface area contributed by atoms with E-state index in [0.717, 1.165) is 48.4 Å². The molecule has 0 unspecified atom stereocenters. The van der Waals surface area contributed by atoms with Gasteiger partial charge in [0, 0.05) is 25.7 Å². The van der Waals surface area contributed by atoms with Crippen molar-refractivity contribution in [3.8, 4) is 0 Å². The molecule has 144 valence electrons. The van der Waals surface area contributed by atoms with Crippen LogP contribution in [0.25, 0.3) is 0 Å². The van der Waals surface area contributed by atoms with Crippen LogP contribution in [0.15, 0.2) is 30.3 Å². The second-order valence-electron chi connectivity index (χ2n) is 7.21. The van der Waals surface area contributed by atoms with Gasteiger partial charge < -0.3 is 9.80 Å². The number of fused-ring (bicyclic) bond motifs is 1. The zero-order chi connectivity index (χ0) is 19.4. The van der Waals surface area contributed by atoms with Gasteiger partial charge in [-0.3, -0.25) is 14.3 Å². The Bertz CT molecular complexity index is 827. The van der Waals surface area contributed by atoms with Crippen LogP contribution >= 0.6 is 0 Å². The third-order valence-corrected chi connectivity index (χ3v) is 4.96. The van der Waals surface area contributed by atoms with E-state index in [1.807, 2.05) is 41.9 Å². The van der Waals surface area contributed by atoms with Crippen molar-refractivity contribution in [3.63, 3.8) is 0 Å². The number of rotatable bonds is 6. The number of benzene rings is 1. The summed E-state index contributed by atoms with van der Waals surface area (Å²) in [5.74, 6) is -0.0458. The number of hydrogen-bond acceptors (Lipinski definition) is 3. The number of carbonyl (C=O) groups is 2. The van der Waals surface area contributed by atoms with E-state index in [9.17, 15) is 9.59 Å². The lowest BCUT2D eigenvalue weighted by Crippen LogP contribution is -2.41. The van der Waals surface area contributed by atoms with E-state index in [1.165, 1.54) is 0 Å². The van der Waals surface area contributed by atoms with E-state index in [1.54, 1.807) is 16.8 Å². The Morgan fingerprint density at radius 2 is 2.04 bits per heavy atom. The molecule has 0 aliphatic carbocycles. The molecule has 0 saturated heterocycles. The van der Waals surface area contributed by atoms with Crippen LogP contribution in [0.2, 0.25) is 0 Å². The molecular formula is C21H28N4O2. The van der Waals surface area contributed by atoms with Crippen molar-refractivity contribution in [2.45, 2.75) is 52.6 Å². The van der Waals surface area contributed by atoms with Crippen molar-refractivity contribution in [3.05, 3.63) is 47.3 Å². The standard InChI is InChI=1S/C21H28N4O2/c1-4-12-25-18(13-16(2)22-25)14-23(3)21(27)15-24-19-10-6-5-8-17(19)9-7-11-20(24)26/h5-6,8,10,13H,4,7,9,11-12,14-15H2,1-3H3. The SMILES string of the molecule is CCCn1nc(C)cc1CN(C)C(=O)CN1C(=O)CCCc2ccccc21. The van der Waals surface area contributed by atoms with Gasteiger partial charge >= 0.3 is 0 Å². The largest absolute Gasteiger partial charge is 0.338 e. The third kappa shape index (κ3) is 4.38. The van der Waals surface area contributed by atoms with Gasteiger partial charge in [-0.05, 0) is 43.9 Å². The molecule has 0 fully saturated rings. The van der Waals surface area contributed by atoms with Gasteiger partial charge in [0.1, 0.15) is 6.54 Å². The van der Waals surface area contributed by atoms with E-state index >= 15 is 0 Å². The number of anilines is 1. The third-order valence-electron chi connectivity index (χ3n) is 4.96. The minimum atomic E-state index is -0.0676. The second-order valence-corrected chi connectivity index (χ2v) is 7.21. The van der Waals surface area contributed by atoms with E-state index < -0.39 is 0 Å². The first kappa shape index (κ1) is 19.1. The lowest BCUT2D eigenvalue weighted by Gasteiger charge is -2.25. The molecule has 0 N–H and O–H groups in total. The first-order valence-electron chi connectivity index (χ1n) is 9.65. The van der Waals surface area contributed by atoms with Crippen molar-refractivity contribution < 1.29 is 9.59 Å². The smallest absolute Gasteiger partial charge is 0.242 e. The highest BCUT2D eigenvalue weighted by Gasteiger charge is 2.25. The molecular weight excluding hydrogens is 340 g/mol. The van der Waals surface area contributed by atoms with Gasteiger partial charge in [0.15, 0.2) is 0 Å². The summed E-state index contributed by atoms with van der Waals surface area (Å²) in [6, 6.07) is 9.90. The molecule has 2 aromatic rings. The molecule has 1 aliphatic heterocycles. The maximum atomic E-state index is 12.9. The number of amides is 2. The van der Waals surface area contributed by atoms with E-state index in [0.29, 0.717) is 13.0 Å². The molecule has 0 saturated carbocycles. The number of aromatic nitrogens is 2. The van der Waals surface area contributed by atoms with Crippen LogP contribution < -0.4 is 4.90 Å². The van der Waals surface area contributed by atoms with Crippen molar-refractivity contribution >= 4 is 17.5 Å². The molecule has 3 rings (SSSR count). The molecule has 0 bridgehead atoms. The summed E-state index contributed by atoms with van der Waals surface area (Å²) >= 11 is 0. The zero-order valence-electron chi connectivity index (χ0n) is 16.4. The predicted octanol–water partition coefficient (Wildman–Crippen LogP) is 2.93. The highest BCUT2D eigenvalue weighted by molar-refractivity contribution is 5.99. The summed E-state index contributed by atoms with van der Waals surface area (Å²) in [6.45, 7) is 5.47. The highest BCUT2D eigenvalue weighted by Crippen LogP contribution is 2.26. The Labute approximate surface area is 160 Å². The van der Waals surface area contributed by atoms with Gasteiger partial charge in [0.2, 0.25) is 11.8 Å². The van der Waals surface area contributed by atoms with Crippen LogP contribution in [0, 0.1) is 6.92 Å². The molecule has 6 heteroatoms. The molecule has 1 aromatic carbocycles. The summed E-state index contributed by atoms with van der Waals surface area (Å²) in [4.78, 5) is 28.8. The fourth-order valence-electron chi connectivity index (χ4n) is 3.58. The molecule has 0 radical (unpaired) electrons. The van der Waals surface area contributed by atoms with Crippen molar-refractivity contribution in [1.82, 2.24) is 14.7 Å². The number of hydrogen-bond donors (Lipinski definition) is 0. The zero-order valence-corrected chi connectivity index (χ0v) is 16.4. The van der Waals surface area contributed by atoms with Crippen LogP contribution in [0.1, 0.15) is 43.1 Å². The Hall–Kier alpha value is -2.63. The van der Waals surface area contributed by atoms with Gasteiger partial charge in [0.05, 0.1) is 17.9 Å². The first-order chi connectivity index (χ1) is 13.0. The van der Waals surface area contributed by atoms with Crippen molar-refractivity contribution in [2.24, 2.45) is 0 Å². The van der Waals surface area contributed by atoms with Crippen molar-refractivity contribution in [1.29, 1.82) is 0 Å². The summed E-state index contributed by atoms with van der Waals surface area (Å²) in [6.07, 6.45) is 3.17. The summed E-state index contributed by atoms with van der Waals surface area (Å²) in [5, 5.41) is 4.50. The Balaban J connectivity index is 1.73. The second kappa shape index (κ2) is 8.37. The number of aryl methyl sites for hydroxylation is 3. The minimum absolute atomic E-state index is 0.0218. The molecule has 2 amide bonds. The van der Waals surface area contributed by atoms with Crippen LogP contribution in [-0.2, 0) is 29.1 Å². The fourth-order valence-corrected chi connectivity index (χ4v) is 3.58. The average molecular weight is 368 g/mol. The molecule has 0 atom stereocenters. The molecule has 1 aromatic heterocycles. The highest BCUT2D eigenvalue weighted by atomic mass is 16.2. The fraction of sp³-hybridized carbons (Fsp3) is 0.476. The normalized spacial score (nSPS) is 14.0. The quantitative estimate of drug-likeness (QED) is 0.788. The molecule has 27 heavy (non-hydrogen) atoms. The van der Waals surface area contributed by atoms with Crippen LogP contribution in [0.5, 0.6) is 0 Å². The van der Waals surface area contributed by atoms with Gasteiger partial charge in [-0.2, -0.15) is 5.10 Å². The monoisotopic (exact) mass is 368 g/mol. The lowest BCUT2D eigenvalue weighted by atomic mass is 10.1. The Morgan fingerprint density at radius 1 is 1.26 bits per heavy atom. The van der Waals surface area contributed by atoms with Gasteiger partial charge in [0.25, 0.3) is 0 Å². The maximum Gasteiger partial charge on any atom is 0.242 e. The van der Waals surface area contributed by atoms with Gasteiger partial charge in [-0.25, -0.2) is 0 Å². The predicted molar refractivity (Wildman–Crippen MR) is 105 cm³/mol. The number of carbonyl (C=O) groups excluding carboxylic acids is 2. The minimum Gasteiger partial charge on any atom is -0.338 e. The van der Waals surface area contributed by atoms with Crippen LogP contribution in [0.3, 0.4) is 0 Å². The Morgan fingerprint density at radius 3 is 2.81 bits per heavy atom. The summed E-state index contributed by atoms with van der Waals surface area (Å²) in [7, 11) is 1.79. The summed E-state index contributed by atoms with van der Waals surface area (Å²) in [5.41, 5.74) is 3.98.